The molecule has 0 spiro atoms. The fourth-order valence-corrected chi connectivity index (χ4v) is 1.28. The maximum Gasteiger partial charge on any atom is 0.132 e. The minimum atomic E-state index is 0.360. The first-order valence-electron chi connectivity index (χ1n) is 4.84. The fourth-order valence-electron chi connectivity index (χ4n) is 1.28. The molecule has 2 rings (SSSR count). The first kappa shape index (κ1) is 10.4. The molecule has 0 amide bonds. The number of hydrogen-bond acceptors (Lipinski definition) is 4. The summed E-state index contributed by atoms with van der Waals surface area (Å²) < 4.78 is 10.6. The number of anilines is 1. The zero-order valence-electron chi connectivity index (χ0n) is 8.93. The van der Waals surface area contributed by atoms with Crippen LogP contribution in [0.15, 0.2) is 30.5 Å². The number of nitrogen functional groups attached to an aromatic ring is 1. The SMILES string of the molecule is COc1cccc(OCc2[nH]ncc2N)c1. The lowest BCUT2D eigenvalue weighted by molar-refractivity contribution is 0.299. The van der Waals surface area contributed by atoms with E-state index >= 15 is 0 Å². The topological polar surface area (TPSA) is 73.2 Å². The summed E-state index contributed by atoms with van der Waals surface area (Å²) in [4.78, 5) is 0. The van der Waals surface area contributed by atoms with Gasteiger partial charge >= 0.3 is 0 Å². The highest BCUT2D eigenvalue weighted by Crippen LogP contribution is 2.20. The number of ether oxygens (including phenoxy) is 2. The molecule has 0 bridgehead atoms. The molecule has 2 aromatic rings. The van der Waals surface area contributed by atoms with Gasteiger partial charge in [-0.2, -0.15) is 5.10 Å². The highest BCUT2D eigenvalue weighted by molar-refractivity contribution is 5.40. The molecule has 0 radical (unpaired) electrons. The van der Waals surface area contributed by atoms with Gasteiger partial charge in [0.25, 0.3) is 0 Å². The van der Waals surface area contributed by atoms with Crippen molar-refractivity contribution in [2.75, 3.05) is 12.8 Å². The largest absolute Gasteiger partial charge is 0.497 e. The quantitative estimate of drug-likeness (QED) is 0.818. The highest BCUT2D eigenvalue weighted by atomic mass is 16.5. The standard InChI is InChI=1S/C11H13N3O2/c1-15-8-3-2-4-9(5-8)16-7-11-10(12)6-13-14-11/h2-6H,7,12H2,1H3,(H,13,14). The van der Waals surface area contributed by atoms with E-state index in [1.807, 2.05) is 24.3 Å². The smallest absolute Gasteiger partial charge is 0.132 e. The Balaban J connectivity index is 2.02. The number of rotatable bonds is 4. The molecule has 0 aliphatic carbocycles. The Bertz CT molecular complexity index is 468. The van der Waals surface area contributed by atoms with E-state index in [4.69, 9.17) is 15.2 Å². The Morgan fingerprint density at radius 3 is 2.88 bits per heavy atom. The predicted octanol–water partition coefficient (Wildman–Crippen LogP) is 1.58. The van der Waals surface area contributed by atoms with Gasteiger partial charge in [-0.05, 0) is 12.1 Å². The minimum Gasteiger partial charge on any atom is -0.497 e. The Kier molecular flexibility index (Phi) is 2.95. The van der Waals surface area contributed by atoms with Crippen LogP contribution in [0.2, 0.25) is 0 Å². The molecule has 16 heavy (non-hydrogen) atoms. The van der Waals surface area contributed by atoms with Crippen molar-refractivity contribution < 1.29 is 9.47 Å². The van der Waals surface area contributed by atoms with Gasteiger partial charge in [0, 0.05) is 6.07 Å². The Labute approximate surface area is 93.2 Å². The third kappa shape index (κ3) is 2.25. The van der Waals surface area contributed by atoms with Gasteiger partial charge in [-0.15, -0.1) is 0 Å². The summed E-state index contributed by atoms with van der Waals surface area (Å²) in [5, 5.41) is 6.59. The second kappa shape index (κ2) is 4.57. The molecule has 5 heteroatoms. The molecule has 0 aliphatic rings. The van der Waals surface area contributed by atoms with Crippen molar-refractivity contribution >= 4 is 5.69 Å². The first-order chi connectivity index (χ1) is 7.79. The summed E-state index contributed by atoms with van der Waals surface area (Å²) in [6, 6.07) is 7.39. The lowest BCUT2D eigenvalue weighted by Gasteiger charge is -2.06. The average molecular weight is 219 g/mol. The monoisotopic (exact) mass is 219 g/mol. The Hall–Kier alpha value is -2.17. The zero-order valence-corrected chi connectivity index (χ0v) is 8.93. The number of H-pyrrole nitrogens is 1. The summed E-state index contributed by atoms with van der Waals surface area (Å²) in [5.74, 6) is 1.49. The molecule has 0 unspecified atom stereocenters. The molecule has 1 heterocycles. The van der Waals surface area contributed by atoms with Crippen molar-refractivity contribution in [1.82, 2.24) is 10.2 Å². The molecule has 84 valence electrons. The molecule has 3 N–H and O–H groups in total. The molecule has 0 saturated heterocycles. The molecule has 5 nitrogen and oxygen atoms in total. The number of hydrogen-bond donors (Lipinski definition) is 2. The molecule has 1 aromatic heterocycles. The number of nitrogens with two attached hydrogens (primary N) is 1. The Morgan fingerprint density at radius 1 is 1.38 bits per heavy atom. The lowest BCUT2D eigenvalue weighted by Crippen LogP contribution is -1.99. The third-order valence-electron chi connectivity index (χ3n) is 2.18. The van der Waals surface area contributed by atoms with E-state index in [9.17, 15) is 0 Å². The van der Waals surface area contributed by atoms with Crippen LogP contribution in [0.3, 0.4) is 0 Å². The van der Waals surface area contributed by atoms with Crippen LogP contribution in [0.5, 0.6) is 11.5 Å². The van der Waals surface area contributed by atoms with Crippen molar-refractivity contribution in [1.29, 1.82) is 0 Å². The van der Waals surface area contributed by atoms with Gasteiger partial charge in [-0.1, -0.05) is 6.07 Å². The Morgan fingerprint density at radius 2 is 2.19 bits per heavy atom. The van der Waals surface area contributed by atoms with Crippen molar-refractivity contribution in [2.45, 2.75) is 6.61 Å². The number of methoxy groups -OCH3 is 1. The van der Waals surface area contributed by atoms with E-state index in [1.165, 1.54) is 0 Å². The van der Waals surface area contributed by atoms with Crippen LogP contribution in [0.1, 0.15) is 5.69 Å². The summed E-state index contributed by atoms with van der Waals surface area (Å²) in [6.07, 6.45) is 1.56. The zero-order chi connectivity index (χ0) is 11.4. The number of nitrogens with one attached hydrogen (secondary N) is 1. The predicted molar refractivity (Wildman–Crippen MR) is 60.3 cm³/mol. The normalized spacial score (nSPS) is 10.1. The van der Waals surface area contributed by atoms with E-state index in [1.54, 1.807) is 13.3 Å². The molecular weight excluding hydrogens is 206 g/mol. The van der Waals surface area contributed by atoms with Crippen molar-refractivity contribution in [2.24, 2.45) is 0 Å². The highest BCUT2D eigenvalue weighted by Gasteiger charge is 2.02. The first-order valence-corrected chi connectivity index (χ1v) is 4.84. The summed E-state index contributed by atoms with van der Waals surface area (Å²) in [7, 11) is 1.62. The van der Waals surface area contributed by atoms with E-state index in [0.717, 1.165) is 17.2 Å². The van der Waals surface area contributed by atoms with E-state index in [0.29, 0.717) is 12.3 Å². The lowest BCUT2D eigenvalue weighted by atomic mass is 10.3. The van der Waals surface area contributed by atoms with Crippen molar-refractivity contribution in [3.05, 3.63) is 36.2 Å². The molecule has 0 atom stereocenters. The van der Waals surface area contributed by atoms with Gasteiger partial charge in [0.1, 0.15) is 18.1 Å². The second-order valence-electron chi connectivity index (χ2n) is 3.27. The minimum absolute atomic E-state index is 0.360. The summed E-state index contributed by atoms with van der Waals surface area (Å²) >= 11 is 0. The van der Waals surface area contributed by atoms with Crippen LogP contribution >= 0.6 is 0 Å². The number of aromatic nitrogens is 2. The number of nitrogens with zero attached hydrogens (tertiary/aromatic N) is 1. The fraction of sp³-hybridized carbons (Fsp3) is 0.182. The average Bonchev–Trinajstić information content (AvgIpc) is 2.72. The van der Waals surface area contributed by atoms with Crippen molar-refractivity contribution in [3.8, 4) is 11.5 Å². The van der Waals surface area contributed by atoms with Crippen molar-refractivity contribution in [3.63, 3.8) is 0 Å². The van der Waals surface area contributed by atoms with Gasteiger partial charge in [0.05, 0.1) is 24.7 Å². The van der Waals surface area contributed by atoms with Gasteiger partial charge in [-0.25, -0.2) is 0 Å². The van der Waals surface area contributed by atoms with Crippen LogP contribution in [-0.4, -0.2) is 17.3 Å². The number of aromatic amines is 1. The van der Waals surface area contributed by atoms with E-state index in [2.05, 4.69) is 10.2 Å². The van der Waals surface area contributed by atoms with E-state index < -0.39 is 0 Å². The summed E-state index contributed by atoms with van der Waals surface area (Å²) in [6.45, 7) is 0.360. The van der Waals surface area contributed by atoms with Gasteiger partial charge in [0.15, 0.2) is 0 Å². The van der Waals surface area contributed by atoms with Crippen LogP contribution in [0.25, 0.3) is 0 Å². The molecule has 0 fully saturated rings. The van der Waals surface area contributed by atoms with Crippen LogP contribution in [0.4, 0.5) is 5.69 Å². The van der Waals surface area contributed by atoms with Gasteiger partial charge in [-0.3, -0.25) is 5.10 Å². The van der Waals surface area contributed by atoms with Crippen LogP contribution < -0.4 is 15.2 Å². The van der Waals surface area contributed by atoms with Crippen LogP contribution in [0, 0.1) is 0 Å². The van der Waals surface area contributed by atoms with Crippen LogP contribution in [-0.2, 0) is 6.61 Å². The number of benzene rings is 1. The third-order valence-corrected chi connectivity index (χ3v) is 2.18. The molecule has 1 aromatic carbocycles. The van der Waals surface area contributed by atoms with Gasteiger partial charge in [0.2, 0.25) is 0 Å². The molecule has 0 saturated carbocycles. The maximum absolute atomic E-state index is 5.66. The molecule has 0 aliphatic heterocycles. The second-order valence-corrected chi connectivity index (χ2v) is 3.27. The van der Waals surface area contributed by atoms with Gasteiger partial charge < -0.3 is 15.2 Å². The maximum atomic E-state index is 5.66. The summed E-state index contributed by atoms with van der Waals surface area (Å²) in [5.41, 5.74) is 7.03. The molecular formula is C11H13N3O2. The van der Waals surface area contributed by atoms with E-state index in [-0.39, 0.29) is 0 Å².